The van der Waals surface area contributed by atoms with Crippen molar-refractivity contribution in [3.63, 3.8) is 0 Å². The van der Waals surface area contributed by atoms with Gasteiger partial charge in [0, 0.05) is 5.69 Å². The first-order valence-electron chi connectivity index (χ1n) is 6.77. The van der Waals surface area contributed by atoms with Crippen molar-refractivity contribution >= 4 is 0 Å². The average molecular weight is 254 g/mol. The fourth-order valence-electron chi connectivity index (χ4n) is 2.49. The highest BCUT2D eigenvalue weighted by molar-refractivity contribution is 5.35. The lowest BCUT2D eigenvalue weighted by Gasteiger charge is -2.19. The molecule has 19 heavy (non-hydrogen) atoms. The van der Waals surface area contributed by atoms with Gasteiger partial charge in [-0.05, 0) is 63.1 Å². The van der Waals surface area contributed by atoms with Gasteiger partial charge in [-0.2, -0.15) is 0 Å². The van der Waals surface area contributed by atoms with Gasteiger partial charge in [0.05, 0.1) is 11.7 Å². The molecule has 1 atom stereocenters. The number of pyridine rings is 1. The lowest BCUT2D eigenvalue weighted by atomic mass is 9.95. The van der Waals surface area contributed by atoms with Crippen LogP contribution in [0, 0.1) is 20.8 Å². The highest BCUT2D eigenvalue weighted by Crippen LogP contribution is 2.21. The second-order valence-corrected chi connectivity index (χ2v) is 5.12. The van der Waals surface area contributed by atoms with E-state index in [1.165, 1.54) is 16.7 Å². The minimum Gasteiger partial charge on any atom is -0.311 e. The smallest absolute Gasteiger partial charge is 0.0579 e. The Hall–Kier alpha value is -1.67. The van der Waals surface area contributed by atoms with E-state index < -0.39 is 0 Å². The minimum atomic E-state index is 0.264. The first-order valence-corrected chi connectivity index (χ1v) is 6.77. The van der Waals surface area contributed by atoms with Gasteiger partial charge in [-0.3, -0.25) is 4.98 Å². The van der Waals surface area contributed by atoms with E-state index in [0.29, 0.717) is 0 Å². The van der Waals surface area contributed by atoms with Gasteiger partial charge in [-0.25, -0.2) is 0 Å². The van der Waals surface area contributed by atoms with Crippen molar-refractivity contribution in [1.82, 2.24) is 10.3 Å². The highest BCUT2D eigenvalue weighted by Gasteiger charge is 2.14. The summed E-state index contributed by atoms with van der Waals surface area (Å²) < 4.78 is 0. The van der Waals surface area contributed by atoms with Crippen LogP contribution in [0.4, 0.5) is 0 Å². The Kier molecular flexibility index (Phi) is 4.33. The molecule has 0 aliphatic heterocycles. The van der Waals surface area contributed by atoms with E-state index >= 15 is 0 Å². The second-order valence-electron chi connectivity index (χ2n) is 5.12. The molecule has 0 aliphatic rings. The number of likely N-dealkylation sites (N-methyl/N-ethyl adjacent to an activating group) is 1. The summed E-state index contributed by atoms with van der Waals surface area (Å²) in [7, 11) is 2.00. The summed E-state index contributed by atoms with van der Waals surface area (Å²) in [5.41, 5.74) is 6.32. The predicted molar refractivity (Wildman–Crippen MR) is 80.4 cm³/mol. The van der Waals surface area contributed by atoms with E-state index in [4.69, 9.17) is 0 Å². The normalized spacial score (nSPS) is 12.4. The van der Waals surface area contributed by atoms with Gasteiger partial charge in [0.2, 0.25) is 0 Å². The predicted octanol–water partition coefficient (Wildman–Crippen LogP) is 3.51. The summed E-state index contributed by atoms with van der Waals surface area (Å²) in [6.45, 7) is 6.40. The zero-order valence-corrected chi connectivity index (χ0v) is 12.2. The van der Waals surface area contributed by atoms with Crippen molar-refractivity contribution in [3.8, 4) is 0 Å². The van der Waals surface area contributed by atoms with Crippen molar-refractivity contribution in [2.75, 3.05) is 7.05 Å². The van der Waals surface area contributed by atoms with E-state index in [0.717, 1.165) is 17.8 Å². The Balaban J connectivity index is 2.29. The molecule has 2 rings (SSSR count). The van der Waals surface area contributed by atoms with Crippen LogP contribution in [0.2, 0.25) is 0 Å². The Morgan fingerprint density at radius 3 is 2.21 bits per heavy atom. The molecule has 2 heteroatoms. The molecule has 1 aromatic heterocycles. The molecule has 2 nitrogen and oxygen atoms in total. The van der Waals surface area contributed by atoms with Crippen LogP contribution in [0.15, 0.2) is 36.4 Å². The minimum absolute atomic E-state index is 0.264. The van der Waals surface area contributed by atoms with Gasteiger partial charge in [0.1, 0.15) is 0 Å². The topological polar surface area (TPSA) is 24.9 Å². The second kappa shape index (κ2) is 5.98. The van der Waals surface area contributed by atoms with E-state index in [9.17, 15) is 0 Å². The summed E-state index contributed by atoms with van der Waals surface area (Å²) in [5, 5.41) is 3.39. The molecule has 100 valence electrons. The molecule has 1 aromatic carbocycles. The lowest BCUT2D eigenvalue weighted by molar-refractivity contribution is 0.572. The Labute approximate surface area is 115 Å². The van der Waals surface area contributed by atoms with Crippen LogP contribution in [-0.4, -0.2) is 12.0 Å². The van der Waals surface area contributed by atoms with Crippen molar-refractivity contribution in [2.45, 2.75) is 33.2 Å². The highest BCUT2D eigenvalue weighted by atomic mass is 14.9. The zero-order valence-electron chi connectivity index (χ0n) is 12.2. The molecule has 1 unspecified atom stereocenters. The maximum atomic E-state index is 4.64. The molecule has 1 N–H and O–H groups in total. The van der Waals surface area contributed by atoms with Crippen molar-refractivity contribution in [2.24, 2.45) is 0 Å². The van der Waals surface area contributed by atoms with Crippen LogP contribution >= 0.6 is 0 Å². The fourth-order valence-corrected chi connectivity index (χ4v) is 2.49. The molecule has 1 heterocycles. The molecule has 0 bridgehead atoms. The Morgan fingerprint density at radius 2 is 1.63 bits per heavy atom. The van der Waals surface area contributed by atoms with Crippen molar-refractivity contribution < 1.29 is 0 Å². The van der Waals surface area contributed by atoms with Gasteiger partial charge in [0.15, 0.2) is 0 Å². The molecule has 0 aliphatic carbocycles. The lowest BCUT2D eigenvalue weighted by Crippen LogP contribution is -2.21. The van der Waals surface area contributed by atoms with Crippen molar-refractivity contribution in [1.29, 1.82) is 0 Å². The average Bonchev–Trinajstić information content (AvgIpc) is 2.38. The van der Waals surface area contributed by atoms with Crippen LogP contribution < -0.4 is 5.32 Å². The quantitative estimate of drug-likeness (QED) is 0.903. The fraction of sp³-hybridized carbons (Fsp3) is 0.353. The van der Waals surface area contributed by atoms with Gasteiger partial charge >= 0.3 is 0 Å². The number of nitrogens with one attached hydrogen (secondary N) is 1. The molecule has 0 radical (unpaired) electrons. The number of rotatable bonds is 4. The molecule has 0 amide bonds. The summed E-state index contributed by atoms with van der Waals surface area (Å²) in [5.74, 6) is 0. The monoisotopic (exact) mass is 254 g/mol. The third-order valence-electron chi connectivity index (χ3n) is 3.67. The zero-order chi connectivity index (χ0) is 13.8. The van der Waals surface area contributed by atoms with Gasteiger partial charge < -0.3 is 5.32 Å². The maximum Gasteiger partial charge on any atom is 0.0579 e. The molecule has 0 fully saturated rings. The summed E-state index contributed by atoms with van der Waals surface area (Å²) in [6.07, 6.45) is 0.978. The standard InChI is InChI=1S/C17H22N2/c1-12-7-5-8-13(2)15(12)11-17(18-4)16-10-6-9-14(3)19-16/h5-10,17-18H,11H2,1-4H3. The van der Waals surface area contributed by atoms with Crippen LogP contribution in [0.25, 0.3) is 0 Å². The number of hydrogen-bond acceptors (Lipinski definition) is 2. The SMILES string of the molecule is CNC(Cc1c(C)cccc1C)c1cccc(C)n1. The number of aromatic nitrogens is 1. The third-order valence-corrected chi connectivity index (χ3v) is 3.67. The van der Waals surface area contributed by atoms with Gasteiger partial charge in [0.25, 0.3) is 0 Å². The third kappa shape index (κ3) is 3.21. The number of aryl methyl sites for hydroxylation is 3. The Bertz CT molecular complexity index is 541. The molecular weight excluding hydrogens is 232 g/mol. The maximum absolute atomic E-state index is 4.64. The summed E-state index contributed by atoms with van der Waals surface area (Å²) in [6, 6.07) is 13.0. The van der Waals surface area contributed by atoms with Gasteiger partial charge in [-0.1, -0.05) is 24.3 Å². The number of hydrogen-bond donors (Lipinski definition) is 1. The molecule has 0 saturated heterocycles. The number of benzene rings is 1. The molecular formula is C17H22N2. The van der Waals surface area contributed by atoms with Crippen LogP contribution in [-0.2, 0) is 6.42 Å². The molecule has 2 aromatic rings. The van der Waals surface area contributed by atoms with Crippen LogP contribution in [0.5, 0.6) is 0 Å². The van der Waals surface area contributed by atoms with E-state index in [2.05, 4.69) is 54.5 Å². The van der Waals surface area contributed by atoms with Gasteiger partial charge in [-0.15, -0.1) is 0 Å². The largest absolute Gasteiger partial charge is 0.311 e. The van der Waals surface area contributed by atoms with E-state index in [-0.39, 0.29) is 6.04 Å². The van der Waals surface area contributed by atoms with Crippen LogP contribution in [0.1, 0.15) is 34.1 Å². The summed E-state index contributed by atoms with van der Waals surface area (Å²) in [4.78, 5) is 4.64. The van der Waals surface area contributed by atoms with E-state index in [1.807, 2.05) is 20.0 Å². The Morgan fingerprint density at radius 1 is 1.00 bits per heavy atom. The number of nitrogens with zero attached hydrogens (tertiary/aromatic N) is 1. The molecule has 0 saturated carbocycles. The van der Waals surface area contributed by atoms with Crippen LogP contribution in [0.3, 0.4) is 0 Å². The molecule has 0 spiro atoms. The first-order chi connectivity index (χ1) is 9.11. The summed E-state index contributed by atoms with van der Waals surface area (Å²) >= 11 is 0. The van der Waals surface area contributed by atoms with Crippen molar-refractivity contribution in [3.05, 3.63) is 64.5 Å². The first kappa shape index (κ1) is 13.8. The van der Waals surface area contributed by atoms with E-state index in [1.54, 1.807) is 0 Å².